The molecule has 0 aliphatic rings. The topological polar surface area (TPSA) is 76.1 Å². The van der Waals surface area contributed by atoms with Crippen molar-refractivity contribution in [2.45, 2.75) is 65.4 Å². The second kappa shape index (κ2) is 13.6. The van der Waals surface area contributed by atoms with Gasteiger partial charge in [-0.05, 0) is 76.1 Å². The first-order valence-corrected chi connectivity index (χ1v) is 12.1. The number of benzene rings is 2. The summed E-state index contributed by atoms with van der Waals surface area (Å²) in [5, 5.41) is 9.24. The molecule has 6 nitrogen and oxygen atoms in total. The zero-order chi connectivity index (χ0) is 25.0. The van der Waals surface area contributed by atoms with Crippen LogP contribution in [0.4, 0.5) is 4.79 Å². The van der Waals surface area contributed by atoms with Gasteiger partial charge in [-0.15, -0.1) is 0 Å². The summed E-state index contributed by atoms with van der Waals surface area (Å²) in [5.41, 5.74) is 1.79. The molecule has 0 saturated heterocycles. The summed E-state index contributed by atoms with van der Waals surface area (Å²) < 4.78 is 11.3. The monoisotopic (exact) mass is 469 g/mol. The summed E-state index contributed by atoms with van der Waals surface area (Å²) in [4.78, 5) is 25.3. The molecule has 34 heavy (non-hydrogen) atoms. The molecular weight excluding hydrogens is 430 g/mol. The summed E-state index contributed by atoms with van der Waals surface area (Å²) in [6.45, 7) is 8.16. The average molecular weight is 470 g/mol. The van der Waals surface area contributed by atoms with Gasteiger partial charge in [0.15, 0.2) is 0 Å². The van der Waals surface area contributed by atoms with Crippen molar-refractivity contribution >= 4 is 12.1 Å². The Bertz CT molecular complexity index is 874. The van der Waals surface area contributed by atoms with E-state index >= 15 is 0 Å². The van der Waals surface area contributed by atoms with Crippen LogP contribution in [0.1, 0.15) is 58.1 Å². The van der Waals surface area contributed by atoms with E-state index in [1.807, 2.05) is 30.3 Å². The molecule has 2 rings (SSSR count). The largest absolute Gasteiger partial charge is 0.494 e. The van der Waals surface area contributed by atoms with Crippen molar-refractivity contribution in [3.8, 4) is 5.75 Å². The lowest BCUT2D eigenvalue weighted by Gasteiger charge is -2.28. The molecule has 2 aromatic carbocycles. The van der Waals surface area contributed by atoms with Gasteiger partial charge >= 0.3 is 12.1 Å². The predicted octanol–water partition coefficient (Wildman–Crippen LogP) is 5.98. The second-order valence-electron chi connectivity index (χ2n) is 9.70. The van der Waals surface area contributed by atoms with E-state index in [2.05, 4.69) is 24.3 Å². The van der Waals surface area contributed by atoms with Gasteiger partial charge in [0.1, 0.15) is 11.4 Å². The van der Waals surface area contributed by atoms with E-state index < -0.39 is 23.6 Å². The number of unbranched alkanes of at least 4 members (excludes halogenated alkanes) is 2. The van der Waals surface area contributed by atoms with Crippen LogP contribution in [0.25, 0.3) is 0 Å². The number of rotatable bonds is 13. The molecule has 0 radical (unpaired) electrons. The standard InChI is InChI=1S/C28H39NO5/c1-22(26(30)31)21-29(27(32)34-28(2,3)4)19-18-24-14-16-25(17-15-24)33-20-10-6-9-13-23-11-7-5-8-12-23/h5,7-8,11-12,14-17,22H,6,9-10,13,18-21H2,1-4H3,(H,30,31). The van der Waals surface area contributed by atoms with Crippen LogP contribution in [0, 0.1) is 5.92 Å². The number of carbonyl (C=O) groups is 2. The molecule has 1 atom stereocenters. The Morgan fingerprint density at radius 3 is 2.18 bits per heavy atom. The summed E-state index contributed by atoms with van der Waals surface area (Å²) in [7, 11) is 0. The highest BCUT2D eigenvalue weighted by molar-refractivity contribution is 5.72. The molecule has 2 aromatic rings. The first kappa shape index (κ1) is 27.2. The van der Waals surface area contributed by atoms with E-state index in [-0.39, 0.29) is 6.54 Å². The number of carboxylic acids is 1. The van der Waals surface area contributed by atoms with Gasteiger partial charge in [0.2, 0.25) is 0 Å². The molecular formula is C28H39NO5. The molecule has 1 unspecified atom stereocenters. The third-order valence-electron chi connectivity index (χ3n) is 5.38. The number of hydrogen-bond donors (Lipinski definition) is 1. The van der Waals surface area contributed by atoms with Crippen molar-refractivity contribution in [3.63, 3.8) is 0 Å². The zero-order valence-electron chi connectivity index (χ0n) is 21.0. The van der Waals surface area contributed by atoms with Crippen LogP contribution in [0.15, 0.2) is 54.6 Å². The molecule has 1 N–H and O–H groups in total. The average Bonchev–Trinajstić information content (AvgIpc) is 2.79. The number of nitrogens with zero attached hydrogens (tertiary/aromatic N) is 1. The number of carbonyl (C=O) groups excluding carboxylic acids is 1. The molecule has 0 spiro atoms. The summed E-state index contributed by atoms with van der Waals surface area (Å²) in [6.07, 6.45) is 4.50. The normalized spacial score (nSPS) is 12.1. The molecule has 0 saturated carbocycles. The number of hydrogen-bond acceptors (Lipinski definition) is 4. The number of aryl methyl sites for hydroxylation is 1. The van der Waals surface area contributed by atoms with Crippen LogP contribution >= 0.6 is 0 Å². The van der Waals surface area contributed by atoms with Crippen molar-refractivity contribution in [1.29, 1.82) is 0 Å². The van der Waals surface area contributed by atoms with E-state index in [0.29, 0.717) is 19.6 Å². The van der Waals surface area contributed by atoms with Crippen LogP contribution in [0.2, 0.25) is 0 Å². The molecule has 0 aromatic heterocycles. The van der Waals surface area contributed by atoms with Gasteiger partial charge in [-0.2, -0.15) is 0 Å². The van der Waals surface area contributed by atoms with Gasteiger partial charge in [-0.3, -0.25) is 4.79 Å². The van der Waals surface area contributed by atoms with E-state index in [1.54, 1.807) is 27.7 Å². The molecule has 0 bridgehead atoms. The summed E-state index contributed by atoms with van der Waals surface area (Å²) in [5.74, 6) is -0.776. The first-order chi connectivity index (χ1) is 16.1. The van der Waals surface area contributed by atoms with Crippen molar-refractivity contribution in [2.75, 3.05) is 19.7 Å². The van der Waals surface area contributed by atoms with Crippen LogP contribution in [0.3, 0.4) is 0 Å². The highest BCUT2D eigenvalue weighted by Crippen LogP contribution is 2.16. The van der Waals surface area contributed by atoms with Gasteiger partial charge in [-0.1, -0.05) is 49.4 Å². The van der Waals surface area contributed by atoms with E-state index in [9.17, 15) is 14.7 Å². The van der Waals surface area contributed by atoms with Gasteiger partial charge in [-0.25, -0.2) is 4.79 Å². The number of carboxylic acid groups (broad SMARTS) is 1. The maximum absolute atomic E-state index is 12.6. The number of amides is 1. The zero-order valence-corrected chi connectivity index (χ0v) is 21.0. The Balaban J connectivity index is 1.76. The quantitative estimate of drug-likeness (QED) is 0.365. The Morgan fingerprint density at radius 1 is 0.912 bits per heavy atom. The van der Waals surface area contributed by atoms with Gasteiger partial charge in [0.05, 0.1) is 12.5 Å². The summed E-state index contributed by atoms with van der Waals surface area (Å²) >= 11 is 0. The molecule has 0 aliphatic heterocycles. The lowest BCUT2D eigenvalue weighted by atomic mass is 10.1. The van der Waals surface area contributed by atoms with E-state index in [0.717, 1.165) is 37.0 Å². The molecule has 186 valence electrons. The lowest BCUT2D eigenvalue weighted by Crippen LogP contribution is -2.41. The first-order valence-electron chi connectivity index (χ1n) is 12.1. The Hall–Kier alpha value is -3.02. The minimum atomic E-state index is -0.935. The smallest absolute Gasteiger partial charge is 0.410 e. The van der Waals surface area contributed by atoms with Crippen molar-refractivity contribution in [2.24, 2.45) is 5.92 Å². The maximum atomic E-state index is 12.6. The molecule has 0 fully saturated rings. The van der Waals surface area contributed by atoms with Gasteiger partial charge in [0.25, 0.3) is 0 Å². The van der Waals surface area contributed by atoms with Gasteiger partial charge in [0, 0.05) is 13.1 Å². The second-order valence-corrected chi connectivity index (χ2v) is 9.70. The highest BCUT2D eigenvalue weighted by atomic mass is 16.6. The number of ether oxygens (including phenoxy) is 2. The third-order valence-corrected chi connectivity index (χ3v) is 5.38. The van der Waals surface area contributed by atoms with E-state index in [1.165, 1.54) is 10.5 Å². The fourth-order valence-corrected chi connectivity index (χ4v) is 3.45. The SMILES string of the molecule is CC(CN(CCc1ccc(OCCCCCc2ccccc2)cc1)C(=O)OC(C)(C)C)C(=O)O. The Morgan fingerprint density at radius 2 is 1.56 bits per heavy atom. The molecule has 0 aliphatic carbocycles. The van der Waals surface area contributed by atoms with Crippen LogP contribution in [-0.4, -0.2) is 47.4 Å². The summed E-state index contributed by atoms with van der Waals surface area (Å²) in [6, 6.07) is 18.4. The van der Waals surface area contributed by atoms with Gasteiger partial charge < -0.3 is 19.5 Å². The minimum Gasteiger partial charge on any atom is -0.494 e. The van der Waals surface area contributed by atoms with Crippen molar-refractivity contribution in [1.82, 2.24) is 4.90 Å². The lowest BCUT2D eigenvalue weighted by molar-refractivity contribution is -0.141. The fourth-order valence-electron chi connectivity index (χ4n) is 3.45. The van der Waals surface area contributed by atoms with Crippen LogP contribution < -0.4 is 4.74 Å². The van der Waals surface area contributed by atoms with Crippen molar-refractivity contribution in [3.05, 3.63) is 65.7 Å². The van der Waals surface area contributed by atoms with Crippen LogP contribution in [-0.2, 0) is 22.4 Å². The van der Waals surface area contributed by atoms with E-state index in [4.69, 9.17) is 9.47 Å². The van der Waals surface area contributed by atoms with Crippen molar-refractivity contribution < 1.29 is 24.2 Å². The fraction of sp³-hybridized carbons (Fsp3) is 0.500. The highest BCUT2D eigenvalue weighted by Gasteiger charge is 2.25. The molecule has 6 heteroatoms. The predicted molar refractivity (Wildman–Crippen MR) is 134 cm³/mol. The number of aliphatic carboxylic acids is 1. The maximum Gasteiger partial charge on any atom is 0.410 e. The Labute approximate surface area is 203 Å². The Kier molecular flexibility index (Phi) is 10.9. The van der Waals surface area contributed by atoms with Crippen LogP contribution in [0.5, 0.6) is 5.75 Å². The minimum absolute atomic E-state index is 0.107. The molecule has 0 heterocycles. The molecule has 1 amide bonds. The third kappa shape index (κ3) is 10.7.